The number of nitrogens with one attached hydrogen (secondary N) is 1. The summed E-state index contributed by atoms with van der Waals surface area (Å²) in [5.74, 6) is -0.349. The molecule has 0 saturated heterocycles. The molecular weight excluding hydrogens is 416 g/mol. The molecule has 1 unspecified atom stereocenters. The summed E-state index contributed by atoms with van der Waals surface area (Å²) >= 11 is 0. The molecule has 0 radical (unpaired) electrons. The van der Waals surface area contributed by atoms with Crippen LogP contribution in [0, 0.1) is 6.92 Å². The molecule has 0 aliphatic heterocycles. The number of ether oxygens (including phenoxy) is 1. The minimum absolute atomic E-state index is 0.0517. The molecule has 2 aromatic rings. The van der Waals surface area contributed by atoms with Crippen LogP contribution in [0.1, 0.15) is 65.0 Å². The minimum atomic E-state index is -0.693. The summed E-state index contributed by atoms with van der Waals surface area (Å²) in [6, 6.07) is 15.3. The van der Waals surface area contributed by atoms with Crippen LogP contribution in [-0.2, 0) is 11.2 Å². The van der Waals surface area contributed by atoms with E-state index in [1.807, 2.05) is 49.9 Å². The van der Waals surface area contributed by atoms with E-state index in [1.165, 1.54) is 5.56 Å². The molecule has 2 N–H and O–H groups in total. The first kappa shape index (κ1) is 26.6. The predicted molar refractivity (Wildman–Crippen MR) is 132 cm³/mol. The Hall–Kier alpha value is -2.70. The van der Waals surface area contributed by atoms with Gasteiger partial charge in [-0.05, 0) is 61.9 Å². The lowest BCUT2D eigenvalue weighted by molar-refractivity contribution is 0.0753. The van der Waals surface area contributed by atoms with Gasteiger partial charge >= 0.3 is 0 Å². The SMILES string of the molecule is CCCN(CCC)C(=O)c1cc(C)cc(C(=O)NCC(O)CCOCCc2ccccc2)c1. The van der Waals surface area contributed by atoms with Crippen molar-refractivity contribution in [3.05, 3.63) is 70.8 Å². The van der Waals surface area contributed by atoms with E-state index < -0.39 is 6.10 Å². The second-order valence-corrected chi connectivity index (χ2v) is 8.38. The van der Waals surface area contributed by atoms with Crippen LogP contribution < -0.4 is 5.32 Å². The number of rotatable bonds is 14. The first-order valence-corrected chi connectivity index (χ1v) is 11.9. The summed E-state index contributed by atoms with van der Waals surface area (Å²) in [5, 5.41) is 13.0. The van der Waals surface area contributed by atoms with Crippen molar-refractivity contribution in [1.29, 1.82) is 0 Å². The Morgan fingerprint density at radius 3 is 2.33 bits per heavy atom. The third kappa shape index (κ3) is 9.36. The maximum atomic E-state index is 12.9. The lowest BCUT2D eigenvalue weighted by Gasteiger charge is -2.22. The van der Waals surface area contributed by atoms with Crippen molar-refractivity contribution < 1.29 is 19.4 Å². The summed E-state index contributed by atoms with van der Waals surface area (Å²) in [6.45, 7) is 8.52. The number of amides is 2. The van der Waals surface area contributed by atoms with E-state index in [0.29, 0.717) is 43.9 Å². The molecule has 6 nitrogen and oxygen atoms in total. The summed E-state index contributed by atoms with van der Waals surface area (Å²) in [5.41, 5.74) is 3.02. The highest BCUT2D eigenvalue weighted by Crippen LogP contribution is 2.13. The van der Waals surface area contributed by atoms with Crippen molar-refractivity contribution in [1.82, 2.24) is 10.2 Å². The molecule has 0 aliphatic rings. The molecule has 0 saturated carbocycles. The number of benzene rings is 2. The molecule has 2 aromatic carbocycles. The highest BCUT2D eigenvalue weighted by molar-refractivity contribution is 6.00. The van der Waals surface area contributed by atoms with Crippen LogP contribution in [0.25, 0.3) is 0 Å². The summed E-state index contributed by atoms with van der Waals surface area (Å²) < 4.78 is 5.60. The lowest BCUT2D eigenvalue weighted by atomic mass is 10.0. The largest absolute Gasteiger partial charge is 0.391 e. The summed E-state index contributed by atoms with van der Waals surface area (Å²) in [6.07, 6.45) is 2.35. The highest BCUT2D eigenvalue weighted by Gasteiger charge is 2.17. The zero-order valence-electron chi connectivity index (χ0n) is 20.2. The Labute approximate surface area is 198 Å². The Kier molecular flexibility index (Phi) is 11.6. The molecule has 33 heavy (non-hydrogen) atoms. The van der Waals surface area contributed by atoms with Crippen LogP contribution in [0.5, 0.6) is 0 Å². The quantitative estimate of drug-likeness (QED) is 0.423. The smallest absolute Gasteiger partial charge is 0.253 e. The first-order chi connectivity index (χ1) is 15.9. The van der Waals surface area contributed by atoms with Gasteiger partial charge in [-0.2, -0.15) is 0 Å². The molecule has 6 heteroatoms. The molecule has 2 rings (SSSR count). The number of carbonyl (C=O) groups excluding carboxylic acids is 2. The second-order valence-electron chi connectivity index (χ2n) is 8.38. The number of hydrogen-bond acceptors (Lipinski definition) is 4. The van der Waals surface area contributed by atoms with Gasteiger partial charge in [-0.3, -0.25) is 9.59 Å². The molecule has 0 heterocycles. The monoisotopic (exact) mass is 454 g/mol. The highest BCUT2D eigenvalue weighted by atomic mass is 16.5. The van der Waals surface area contributed by atoms with Gasteiger partial charge in [0.1, 0.15) is 0 Å². The Balaban J connectivity index is 1.81. The van der Waals surface area contributed by atoms with Crippen LogP contribution in [-0.4, -0.2) is 60.8 Å². The first-order valence-electron chi connectivity index (χ1n) is 11.9. The van der Waals surface area contributed by atoms with Crippen molar-refractivity contribution in [2.24, 2.45) is 0 Å². The Bertz CT molecular complexity index is 864. The zero-order valence-corrected chi connectivity index (χ0v) is 20.2. The number of carbonyl (C=O) groups is 2. The van der Waals surface area contributed by atoms with Crippen molar-refractivity contribution in [3.63, 3.8) is 0 Å². The molecule has 0 fully saturated rings. The third-order valence-corrected chi connectivity index (χ3v) is 5.33. The van der Waals surface area contributed by atoms with Gasteiger partial charge in [-0.15, -0.1) is 0 Å². The van der Waals surface area contributed by atoms with E-state index in [1.54, 1.807) is 12.1 Å². The van der Waals surface area contributed by atoms with E-state index in [2.05, 4.69) is 17.4 Å². The van der Waals surface area contributed by atoms with E-state index in [0.717, 1.165) is 24.8 Å². The molecule has 1 atom stereocenters. The maximum absolute atomic E-state index is 12.9. The van der Waals surface area contributed by atoms with E-state index in [9.17, 15) is 14.7 Å². The topological polar surface area (TPSA) is 78.9 Å². The number of hydrogen-bond donors (Lipinski definition) is 2. The van der Waals surface area contributed by atoms with Gasteiger partial charge in [0.15, 0.2) is 0 Å². The van der Waals surface area contributed by atoms with Crippen molar-refractivity contribution in [2.75, 3.05) is 32.8 Å². The standard InChI is InChI=1S/C27H38N2O4/c1-4-13-29(14-5-2)27(32)24-18-21(3)17-23(19-24)26(31)28-20-25(30)12-16-33-15-11-22-9-7-6-8-10-22/h6-10,17-19,25,30H,4-5,11-16,20H2,1-3H3,(H,28,31). The molecular formula is C27H38N2O4. The molecule has 0 aromatic heterocycles. The zero-order chi connectivity index (χ0) is 24.1. The van der Waals surface area contributed by atoms with Crippen molar-refractivity contribution in [2.45, 2.75) is 52.6 Å². The van der Waals surface area contributed by atoms with E-state index in [4.69, 9.17) is 4.74 Å². The number of aliphatic hydroxyl groups excluding tert-OH is 1. The van der Waals surface area contributed by atoms with Gasteiger partial charge in [0.05, 0.1) is 12.7 Å². The van der Waals surface area contributed by atoms with Gasteiger partial charge in [-0.1, -0.05) is 44.2 Å². The second kappa shape index (κ2) is 14.4. The molecule has 0 bridgehead atoms. The number of nitrogens with zero attached hydrogens (tertiary/aromatic N) is 1. The van der Waals surface area contributed by atoms with E-state index in [-0.39, 0.29) is 18.4 Å². The Morgan fingerprint density at radius 1 is 1.00 bits per heavy atom. The van der Waals surface area contributed by atoms with Crippen LogP contribution in [0.2, 0.25) is 0 Å². The van der Waals surface area contributed by atoms with Gasteiger partial charge in [0, 0.05) is 37.4 Å². The molecule has 180 valence electrons. The minimum Gasteiger partial charge on any atom is -0.391 e. The van der Waals surface area contributed by atoms with Gasteiger partial charge < -0.3 is 20.1 Å². The molecule has 0 spiro atoms. The van der Waals surface area contributed by atoms with Gasteiger partial charge in [0.2, 0.25) is 0 Å². The fourth-order valence-electron chi connectivity index (χ4n) is 3.65. The molecule has 2 amide bonds. The lowest BCUT2D eigenvalue weighted by Crippen LogP contribution is -2.34. The van der Waals surface area contributed by atoms with Gasteiger partial charge in [0.25, 0.3) is 11.8 Å². The fourth-order valence-corrected chi connectivity index (χ4v) is 3.65. The van der Waals surface area contributed by atoms with Crippen LogP contribution in [0.4, 0.5) is 0 Å². The van der Waals surface area contributed by atoms with Crippen LogP contribution >= 0.6 is 0 Å². The van der Waals surface area contributed by atoms with E-state index >= 15 is 0 Å². The average Bonchev–Trinajstić information content (AvgIpc) is 2.82. The maximum Gasteiger partial charge on any atom is 0.253 e. The average molecular weight is 455 g/mol. The van der Waals surface area contributed by atoms with Crippen molar-refractivity contribution in [3.8, 4) is 0 Å². The summed E-state index contributed by atoms with van der Waals surface area (Å²) in [4.78, 5) is 27.4. The normalized spacial score (nSPS) is 11.8. The summed E-state index contributed by atoms with van der Waals surface area (Å²) in [7, 11) is 0. The number of aliphatic hydroxyl groups is 1. The molecule has 0 aliphatic carbocycles. The number of aryl methyl sites for hydroxylation is 1. The third-order valence-electron chi connectivity index (χ3n) is 5.33. The Morgan fingerprint density at radius 2 is 1.67 bits per heavy atom. The van der Waals surface area contributed by atoms with Crippen molar-refractivity contribution >= 4 is 11.8 Å². The van der Waals surface area contributed by atoms with Crippen LogP contribution in [0.3, 0.4) is 0 Å². The van der Waals surface area contributed by atoms with Gasteiger partial charge in [-0.25, -0.2) is 0 Å². The van der Waals surface area contributed by atoms with Crippen LogP contribution in [0.15, 0.2) is 48.5 Å². The fraction of sp³-hybridized carbons (Fsp3) is 0.481. The predicted octanol–water partition coefficient (Wildman–Crippen LogP) is 4.00.